The van der Waals surface area contributed by atoms with Crippen molar-refractivity contribution >= 4 is 0 Å². The predicted octanol–water partition coefficient (Wildman–Crippen LogP) is 1.34. The fraction of sp³-hybridized carbons (Fsp3) is 0.571. The second-order valence-electron chi connectivity index (χ2n) is 4.73. The van der Waals surface area contributed by atoms with Gasteiger partial charge in [-0.1, -0.05) is 26.0 Å². The first-order valence-corrected chi connectivity index (χ1v) is 6.24. The van der Waals surface area contributed by atoms with Crippen LogP contribution in [0, 0.1) is 5.92 Å². The summed E-state index contributed by atoms with van der Waals surface area (Å²) in [5.41, 5.74) is 0.837. The van der Waals surface area contributed by atoms with Crippen LogP contribution in [-0.4, -0.2) is 36.5 Å². The van der Waals surface area contributed by atoms with Crippen molar-refractivity contribution in [2.45, 2.75) is 26.0 Å². The summed E-state index contributed by atoms with van der Waals surface area (Å²) in [5, 5.41) is 22.4. The van der Waals surface area contributed by atoms with E-state index >= 15 is 0 Å². The molecular weight excluding hydrogens is 230 g/mol. The highest BCUT2D eigenvalue weighted by Crippen LogP contribution is 2.17. The van der Waals surface area contributed by atoms with E-state index in [2.05, 4.69) is 5.32 Å². The molecule has 2 atom stereocenters. The van der Waals surface area contributed by atoms with E-state index < -0.39 is 6.10 Å². The molecule has 0 aliphatic rings. The van der Waals surface area contributed by atoms with Crippen LogP contribution in [0.1, 0.15) is 25.5 Å². The van der Waals surface area contributed by atoms with E-state index in [1.54, 1.807) is 7.11 Å². The fourth-order valence-electron chi connectivity index (χ4n) is 1.72. The molecule has 2 unspecified atom stereocenters. The second-order valence-corrected chi connectivity index (χ2v) is 4.73. The normalized spacial score (nSPS) is 14.6. The zero-order valence-electron chi connectivity index (χ0n) is 11.3. The smallest absolute Gasteiger partial charge is 0.118 e. The van der Waals surface area contributed by atoms with Gasteiger partial charge in [0.05, 0.1) is 19.8 Å². The van der Waals surface area contributed by atoms with Crippen molar-refractivity contribution < 1.29 is 14.9 Å². The van der Waals surface area contributed by atoms with Gasteiger partial charge < -0.3 is 20.3 Å². The summed E-state index contributed by atoms with van der Waals surface area (Å²) in [7, 11) is 1.61. The highest BCUT2D eigenvalue weighted by Gasteiger charge is 2.14. The molecule has 0 saturated carbocycles. The highest BCUT2D eigenvalue weighted by atomic mass is 16.5. The maximum absolute atomic E-state index is 10.0. The minimum Gasteiger partial charge on any atom is -0.497 e. The molecule has 0 fully saturated rings. The lowest BCUT2D eigenvalue weighted by Crippen LogP contribution is -2.39. The third-order valence-electron chi connectivity index (χ3n) is 3.08. The summed E-state index contributed by atoms with van der Waals surface area (Å²) in [6.07, 6.45) is -0.580. The van der Waals surface area contributed by atoms with Crippen molar-refractivity contribution in [2.75, 3.05) is 20.3 Å². The average molecular weight is 253 g/mol. The zero-order chi connectivity index (χ0) is 13.5. The molecule has 1 rings (SSSR count). The van der Waals surface area contributed by atoms with E-state index in [-0.39, 0.29) is 12.6 Å². The van der Waals surface area contributed by atoms with Gasteiger partial charge in [-0.15, -0.1) is 0 Å². The molecule has 0 saturated heterocycles. The third-order valence-corrected chi connectivity index (χ3v) is 3.08. The number of rotatable bonds is 7. The largest absolute Gasteiger partial charge is 0.497 e. The monoisotopic (exact) mass is 253 g/mol. The predicted molar refractivity (Wildman–Crippen MR) is 71.7 cm³/mol. The Morgan fingerprint density at radius 2 is 1.83 bits per heavy atom. The van der Waals surface area contributed by atoms with E-state index in [9.17, 15) is 10.2 Å². The SMILES string of the molecule is COc1ccc(C(O)CNC(CO)C(C)C)cc1. The van der Waals surface area contributed by atoms with Gasteiger partial charge in [-0.2, -0.15) is 0 Å². The number of ether oxygens (including phenoxy) is 1. The summed E-state index contributed by atoms with van der Waals surface area (Å²) >= 11 is 0. The molecule has 0 aliphatic heterocycles. The highest BCUT2D eigenvalue weighted by molar-refractivity contribution is 5.28. The van der Waals surface area contributed by atoms with Crippen LogP contribution in [0.5, 0.6) is 5.75 Å². The van der Waals surface area contributed by atoms with E-state index in [4.69, 9.17) is 4.74 Å². The molecule has 4 heteroatoms. The van der Waals surface area contributed by atoms with E-state index in [1.165, 1.54) is 0 Å². The molecule has 0 bridgehead atoms. The van der Waals surface area contributed by atoms with E-state index in [1.807, 2.05) is 38.1 Å². The van der Waals surface area contributed by atoms with Gasteiger partial charge in [-0.3, -0.25) is 0 Å². The zero-order valence-corrected chi connectivity index (χ0v) is 11.3. The second kappa shape index (κ2) is 7.36. The summed E-state index contributed by atoms with van der Waals surface area (Å²) in [5.74, 6) is 1.10. The lowest BCUT2D eigenvalue weighted by atomic mass is 10.0. The van der Waals surface area contributed by atoms with Gasteiger partial charge in [-0.25, -0.2) is 0 Å². The number of aliphatic hydroxyl groups is 2. The Bertz CT molecular complexity index is 337. The minimum atomic E-state index is -0.580. The van der Waals surface area contributed by atoms with Gasteiger partial charge in [0.2, 0.25) is 0 Å². The van der Waals surface area contributed by atoms with Gasteiger partial charge >= 0.3 is 0 Å². The van der Waals surface area contributed by atoms with Crippen molar-refractivity contribution in [3.63, 3.8) is 0 Å². The molecule has 0 heterocycles. The summed E-state index contributed by atoms with van der Waals surface area (Å²) in [6, 6.07) is 7.34. The Morgan fingerprint density at radius 3 is 2.28 bits per heavy atom. The summed E-state index contributed by atoms with van der Waals surface area (Å²) in [4.78, 5) is 0. The topological polar surface area (TPSA) is 61.7 Å². The fourth-order valence-corrected chi connectivity index (χ4v) is 1.72. The summed E-state index contributed by atoms with van der Waals surface area (Å²) < 4.78 is 5.07. The molecular formula is C14H23NO3. The average Bonchev–Trinajstić information content (AvgIpc) is 2.39. The first-order valence-electron chi connectivity index (χ1n) is 6.24. The van der Waals surface area contributed by atoms with Gasteiger partial charge in [-0.05, 0) is 23.6 Å². The Hall–Kier alpha value is -1.10. The van der Waals surface area contributed by atoms with E-state index in [0.29, 0.717) is 12.5 Å². The maximum Gasteiger partial charge on any atom is 0.118 e. The molecule has 0 aliphatic carbocycles. The van der Waals surface area contributed by atoms with Crippen molar-refractivity contribution in [3.8, 4) is 5.75 Å². The summed E-state index contributed by atoms with van der Waals surface area (Å²) in [6.45, 7) is 4.57. The number of benzene rings is 1. The number of hydrogen-bond acceptors (Lipinski definition) is 4. The number of aliphatic hydroxyl groups excluding tert-OH is 2. The Morgan fingerprint density at radius 1 is 1.22 bits per heavy atom. The van der Waals surface area contributed by atoms with Crippen LogP contribution in [0.4, 0.5) is 0 Å². The maximum atomic E-state index is 10.0. The van der Waals surface area contributed by atoms with Gasteiger partial charge in [0.15, 0.2) is 0 Å². The lowest BCUT2D eigenvalue weighted by molar-refractivity contribution is 0.148. The van der Waals surface area contributed by atoms with Crippen LogP contribution in [0.25, 0.3) is 0 Å². The van der Waals surface area contributed by atoms with Crippen molar-refractivity contribution in [3.05, 3.63) is 29.8 Å². The molecule has 0 spiro atoms. The van der Waals surface area contributed by atoms with Gasteiger partial charge in [0, 0.05) is 12.6 Å². The molecule has 4 nitrogen and oxygen atoms in total. The van der Waals surface area contributed by atoms with E-state index in [0.717, 1.165) is 11.3 Å². The van der Waals surface area contributed by atoms with Crippen LogP contribution in [0.3, 0.4) is 0 Å². The number of nitrogens with one attached hydrogen (secondary N) is 1. The molecule has 0 radical (unpaired) electrons. The molecule has 1 aromatic carbocycles. The molecule has 18 heavy (non-hydrogen) atoms. The Balaban J connectivity index is 2.51. The molecule has 0 amide bonds. The first kappa shape index (κ1) is 15.0. The molecule has 3 N–H and O–H groups in total. The molecule has 102 valence electrons. The number of methoxy groups -OCH3 is 1. The third kappa shape index (κ3) is 4.29. The number of hydrogen-bond donors (Lipinski definition) is 3. The van der Waals surface area contributed by atoms with Gasteiger partial charge in [0.1, 0.15) is 5.75 Å². The Kier molecular flexibility index (Phi) is 6.12. The van der Waals surface area contributed by atoms with Crippen LogP contribution >= 0.6 is 0 Å². The van der Waals surface area contributed by atoms with Gasteiger partial charge in [0.25, 0.3) is 0 Å². The first-order chi connectivity index (χ1) is 8.58. The molecule has 0 aromatic heterocycles. The molecule has 1 aromatic rings. The standard InChI is InChI=1S/C14H23NO3/c1-10(2)13(9-16)15-8-14(17)11-4-6-12(18-3)7-5-11/h4-7,10,13-17H,8-9H2,1-3H3. The Labute approximate surface area is 109 Å². The van der Waals surface area contributed by atoms with Crippen LogP contribution in [0.15, 0.2) is 24.3 Å². The quantitative estimate of drug-likeness (QED) is 0.686. The van der Waals surface area contributed by atoms with Crippen LogP contribution in [-0.2, 0) is 0 Å². The van der Waals surface area contributed by atoms with Crippen LogP contribution in [0.2, 0.25) is 0 Å². The lowest BCUT2D eigenvalue weighted by Gasteiger charge is -2.22. The van der Waals surface area contributed by atoms with Crippen LogP contribution < -0.4 is 10.1 Å². The minimum absolute atomic E-state index is 0.0119. The van der Waals surface area contributed by atoms with Crippen molar-refractivity contribution in [1.82, 2.24) is 5.32 Å². The van der Waals surface area contributed by atoms with Crippen molar-refractivity contribution in [1.29, 1.82) is 0 Å². The van der Waals surface area contributed by atoms with Crippen molar-refractivity contribution in [2.24, 2.45) is 5.92 Å².